The molecule has 7 rings (SSSR count). The van der Waals surface area contributed by atoms with E-state index in [0.29, 0.717) is 35.3 Å². The summed E-state index contributed by atoms with van der Waals surface area (Å²) in [5.41, 5.74) is 2.29. The Morgan fingerprint density at radius 3 is 0.733 bits per heavy atom. The molecule has 0 aromatic heterocycles. The fraction of sp³-hybridized carbons (Fsp3) is 0.556. The van der Waals surface area contributed by atoms with Crippen LogP contribution in [0.25, 0.3) is 43.1 Å². The zero-order chi connectivity index (χ0) is 41.8. The minimum Gasteiger partial charge on any atom is -0.274 e. The number of benzene rings is 5. The van der Waals surface area contributed by atoms with E-state index in [2.05, 4.69) is 13.8 Å². The van der Waals surface area contributed by atoms with Gasteiger partial charge in [-0.25, -0.2) is 0 Å². The molecule has 0 saturated heterocycles. The molecule has 0 aliphatic carbocycles. The van der Waals surface area contributed by atoms with Gasteiger partial charge in [-0.05, 0) is 69.4 Å². The molecular formula is C54H70N2O4. The third-order valence-electron chi connectivity index (χ3n) is 13.8. The van der Waals surface area contributed by atoms with Gasteiger partial charge in [0.15, 0.2) is 0 Å². The normalized spacial score (nSPS) is 14.1. The van der Waals surface area contributed by atoms with Crippen LogP contribution in [-0.4, -0.2) is 46.5 Å². The number of unbranched alkanes of at least 4 members (excludes halogenated alkanes) is 24. The van der Waals surface area contributed by atoms with Crippen molar-refractivity contribution in [1.29, 1.82) is 0 Å². The number of fused-ring (bicyclic) bond motifs is 2. The Kier molecular flexibility index (Phi) is 15.7. The maximum absolute atomic E-state index is 14.0. The number of hydrogen-bond donors (Lipinski definition) is 0. The monoisotopic (exact) mass is 811 g/mol. The number of hydrogen-bond acceptors (Lipinski definition) is 4. The van der Waals surface area contributed by atoms with Crippen LogP contribution in [0.1, 0.15) is 222 Å². The van der Waals surface area contributed by atoms with Gasteiger partial charge in [-0.3, -0.25) is 29.0 Å². The maximum atomic E-state index is 14.0. The van der Waals surface area contributed by atoms with Gasteiger partial charge < -0.3 is 0 Å². The fourth-order valence-corrected chi connectivity index (χ4v) is 10.3. The zero-order valence-electron chi connectivity index (χ0n) is 36.9. The van der Waals surface area contributed by atoms with Crippen LogP contribution in [0.4, 0.5) is 0 Å². The van der Waals surface area contributed by atoms with Crippen molar-refractivity contribution in [1.82, 2.24) is 9.80 Å². The molecule has 0 N–H and O–H groups in total. The molecule has 6 heteroatoms. The van der Waals surface area contributed by atoms with E-state index in [4.69, 9.17) is 0 Å². The Morgan fingerprint density at radius 2 is 0.500 bits per heavy atom. The summed E-state index contributed by atoms with van der Waals surface area (Å²) in [4.78, 5) is 58.9. The summed E-state index contributed by atoms with van der Waals surface area (Å²) in [6.45, 7) is 5.40. The van der Waals surface area contributed by atoms with Crippen LogP contribution in [0.3, 0.4) is 0 Å². The highest BCUT2D eigenvalue weighted by Crippen LogP contribution is 2.46. The van der Waals surface area contributed by atoms with Crippen LogP contribution in [-0.2, 0) is 0 Å². The Morgan fingerprint density at radius 1 is 0.283 bits per heavy atom. The molecule has 0 fully saturated rings. The van der Waals surface area contributed by atoms with Gasteiger partial charge in [0, 0.05) is 46.1 Å². The van der Waals surface area contributed by atoms with E-state index < -0.39 is 0 Å². The Hall–Kier alpha value is -4.32. The first kappa shape index (κ1) is 43.8. The van der Waals surface area contributed by atoms with E-state index in [-0.39, 0.29) is 23.6 Å². The van der Waals surface area contributed by atoms with Crippen molar-refractivity contribution in [2.24, 2.45) is 0 Å². The molecule has 0 atom stereocenters. The second kappa shape index (κ2) is 21.5. The number of nitrogens with zero attached hydrogens (tertiary/aromatic N) is 2. The van der Waals surface area contributed by atoms with Gasteiger partial charge >= 0.3 is 0 Å². The highest BCUT2D eigenvalue weighted by atomic mass is 16.2. The second-order valence-corrected chi connectivity index (χ2v) is 18.2. The second-order valence-electron chi connectivity index (χ2n) is 18.2. The molecule has 4 amide bonds. The Labute approximate surface area is 359 Å². The lowest BCUT2D eigenvalue weighted by atomic mass is 9.82. The predicted molar refractivity (Wildman–Crippen MR) is 250 cm³/mol. The summed E-state index contributed by atoms with van der Waals surface area (Å²) >= 11 is 0. The van der Waals surface area contributed by atoms with E-state index in [1.165, 1.54) is 138 Å². The summed E-state index contributed by atoms with van der Waals surface area (Å²) in [7, 11) is 0. The molecule has 320 valence electrons. The lowest BCUT2D eigenvalue weighted by Crippen LogP contribution is -2.41. The van der Waals surface area contributed by atoms with E-state index in [1.54, 1.807) is 0 Å². The van der Waals surface area contributed by atoms with E-state index in [0.717, 1.165) is 81.6 Å². The molecule has 5 aromatic carbocycles. The Bertz CT molecular complexity index is 1990. The molecule has 2 aliphatic rings. The van der Waals surface area contributed by atoms with Crippen LogP contribution in [0, 0.1) is 0 Å². The summed E-state index contributed by atoms with van der Waals surface area (Å²) in [6.07, 6.45) is 32.4. The first-order valence-electron chi connectivity index (χ1n) is 24.4. The predicted octanol–water partition coefficient (Wildman–Crippen LogP) is 15.1. The van der Waals surface area contributed by atoms with Crippen molar-refractivity contribution in [3.8, 4) is 0 Å². The Balaban J connectivity index is 0.973. The summed E-state index contributed by atoms with van der Waals surface area (Å²) in [5, 5.41) is 6.97. The first-order chi connectivity index (χ1) is 29.5. The number of rotatable bonds is 28. The van der Waals surface area contributed by atoms with Crippen LogP contribution in [0.15, 0.2) is 48.5 Å². The molecular weight excluding hydrogens is 741 g/mol. The molecule has 0 bridgehead atoms. The smallest absolute Gasteiger partial charge is 0.261 e. The number of imide groups is 2. The maximum Gasteiger partial charge on any atom is 0.261 e. The van der Waals surface area contributed by atoms with Crippen molar-refractivity contribution in [2.75, 3.05) is 13.1 Å². The average Bonchev–Trinajstić information content (AvgIpc) is 3.26. The van der Waals surface area contributed by atoms with E-state index >= 15 is 0 Å². The molecule has 5 aromatic rings. The molecule has 0 unspecified atom stereocenters. The largest absolute Gasteiger partial charge is 0.274 e. The standard InChI is InChI=1S/C54H70N2O4/c1-3-5-7-9-11-13-15-17-19-21-23-25-27-37-55-51(57)43-33-29-39-41-31-35-45-50-46(36-32-42(48(41)50)40-30-34-44(52(55)58)49(43)47(39)40)54(60)56(53(45)59)38-28-26-24-22-20-18-16-14-12-10-8-6-4-2/h29-36H,3-28,37-38H2,1-2H3. The van der Waals surface area contributed by atoms with Crippen molar-refractivity contribution < 1.29 is 19.2 Å². The van der Waals surface area contributed by atoms with E-state index in [9.17, 15) is 19.2 Å². The molecule has 60 heavy (non-hydrogen) atoms. The molecule has 2 aliphatic heterocycles. The molecule has 6 nitrogen and oxygen atoms in total. The minimum atomic E-state index is -0.217. The average molecular weight is 811 g/mol. The lowest BCUT2D eigenvalue weighted by Gasteiger charge is -2.30. The third-order valence-corrected chi connectivity index (χ3v) is 13.8. The van der Waals surface area contributed by atoms with Gasteiger partial charge in [-0.15, -0.1) is 0 Å². The number of carbonyl (C=O) groups is 4. The molecule has 0 spiro atoms. The summed E-state index contributed by atoms with van der Waals surface area (Å²) in [5.74, 6) is -0.867. The van der Waals surface area contributed by atoms with Crippen molar-refractivity contribution in [2.45, 2.75) is 181 Å². The van der Waals surface area contributed by atoms with Crippen LogP contribution in [0.2, 0.25) is 0 Å². The summed E-state index contributed by atoms with van der Waals surface area (Å²) in [6, 6.07) is 15.5. The van der Waals surface area contributed by atoms with Gasteiger partial charge in [0.1, 0.15) is 0 Å². The van der Waals surface area contributed by atoms with Gasteiger partial charge in [-0.1, -0.05) is 192 Å². The van der Waals surface area contributed by atoms with Gasteiger partial charge in [0.25, 0.3) is 23.6 Å². The zero-order valence-corrected chi connectivity index (χ0v) is 36.9. The van der Waals surface area contributed by atoms with Crippen LogP contribution in [0.5, 0.6) is 0 Å². The summed E-state index contributed by atoms with van der Waals surface area (Å²) < 4.78 is 0. The first-order valence-corrected chi connectivity index (χ1v) is 24.4. The van der Waals surface area contributed by atoms with Crippen molar-refractivity contribution in [3.63, 3.8) is 0 Å². The van der Waals surface area contributed by atoms with Gasteiger partial charge in [0.2, 0.25) is 0 Å². The molecule has 0 saturated carbocycles. The van der Waals surface area contributed by atoms with Crippen molar-refractivity contribution >= 4 is 66.7 Å². The number of amides is 4. The van der Waals surface area contributed by atoms with E-state index in [1.807, 2.05) is 48.5 Å². The molecule has 0 radical (unpaired) electrons. The van der Waals surface area contributed by atoms with Crippen LogP contribution >= 0.6 is 0 Å². The third kappa shape index (κ3) is 9.43. The van der Waals surface area contributed by atoms with Gasteiger partial charge in [-0.2, -0.15) is 0 Å². The fourth-order valence-electron chi connectivity index (χ4n) is 10.3. The highest BCUT2D eigenvalue weighted by Gasteiger charge is 2.36. The van der Waals surface area contributed by atoms with Gasteiger partial charge in [0.05, 0.1) is 0 Å². The SMILES string of the molecule is CCCCCCCCCCCCCCCN1C(=O)c2ccc3c4ccc5c6c(ccc(c7ccc(c2c37)C1=O)c64)C(=O)N(CCCCCCCCCCCCCCC)C5=O. The quantitative estimate of drug-likeness (QED) is 0.0218. The topological polar surface area (TPSA) is 74.8 Å². The lowest BCUT2D eigenvalue weighted by molar-refractivity contribution is 0.0592. The number of carbonyl (C=O) groups excluding carboxylic acids is 4. The minimum absolute atomic E-state index is 0.217. The highest BCUT2D eigenvalue weighted by molar-refractivity contribution is 6.41. The molecule has 2 heterocycles. The van der Waals surface area contributed by atoms with Crippen molar-refractivity contribution in [3.05, 3.63) is 70.8 Å². The van der Waals surface area contributed by atoms with Crippen LogP contribution < -0.4 is 0 Å².